The molecule has 1 heterocycles. The number of nitrogens with zero attached hydrogens (tertiary/aromatic N) is 1. The van der Waals surface area contributed by atoms with Gasteiger partial charge in [0, 0.05) is 16.6 Å². The van der Waals surface area contributed by atoms with Crippen molar-refractivity contribution < 1.29 is 4.39 Å². The van der Waals surface area contributed by atoms with E-state index in [4.69, 9.17) is 5.73 Å². The van der Waals surface area contributed by atoms with Crippen LogP contribution in [0.3, 0.4) is 0 Å². The number of hydrogen-bond donors (Lipinski definition) is 2. The lowest BCUT2D eigenvalue weighted by Crippen LogP contribution is -2.04. The molecule has 0 aliphatic heterocycles. The van der Waals surface area contributed by atoms with Gasteiger partial charge in [0.05, 0.1) is 11.4 Å². The molecule has 3 N–H and O–H groups in total. The average Bonchev–Trinajstić information content (AvgIpc) is 2.34. The second-order valence-corrected chi connectivity index (χ2v) is 4.88. The van der Waals surface area contributed by atoms with Crippen LogP contribution in [-0.4, -0.2) is 4.98 Å². The molecule has 2 aromatic rings. The topological polar surface area (TPSA) is 50.9 Å². The Labute approximate surface area is 113 Å². The van der Waals surface area contributed by atoms with Crippen molar-refractivity contribution in [1.29, 1.82) is 0 Å². The number of anilines is 2. The van der Waals surface area contributed by atoms with Crippen molar-refractivity contribution >= 4 is 27.4 Å². The predicted octanol–water partition coefficient (Wildman–Crippen LogP) is 3.49. The Bertz CT molecular complexity index is 572. The highest BCUT2D eigenvalue weighted by atomic mass is 79.9. The van der Waals surface area contributed by atoms with Crippen molar-refractivity contribution in [3.8, 4) is 0 Å². The molecule has 0 spiro atoms. The lowest BCUT2D eigenvalue weighted by Gasteiger charge is -2.08. The number of pyridine rings is 1. The van der Waals surface area contributed by atoms with Crippen molar-refractivity contribution in [2.45, 2.75) is 13.5 Å². The van der Waals surface area contributed by atoms with Crippen LogP contribution in [0.2, 0.25) is 0 Å². The zero-order valence-corrected chi connectivity index (χ0v) is 11.5. The van der Waals surface area contributed by atoms with Crippen molar-refractivity contribution in [1.82, 2.24) is 4.98 Å². The molecule has 1 aromatic heterocycles. The van der Waals surface area contributed by atoms with Crippen molar-refractivity contribution in [2.24, 2.45) is 0 Å². The van der Waals surface area contributed by atoms with Crippen LogP contribution in [0.5, 0.6) is 0 Å². The second-order valence-electron chi connectivity index (χ2n) is 3.96. The van der Waals surface area contributed by atoms with Crippen molar-refractivity contribution in [2.75, 3.05) is 11.1 Å². The monoisotopic (exact) mass is 309 g/mol. The number of aryl methyl sites for hydroxylation is 1. The average molecular weight is 310 g/mol. The van der Waals surface area contributed by atoms with Gasteiger partial charge in [0.2, 0.25) is 0 Å². The van der Waals surface area contributed by atoms with Crippen molar-refractivity contribution in [3.05, 3.63) is 51.9 Å². The highest BCUT2D eigenvalue weighted by molar-refractivity contribution is 9.10. The maximum absolute atomic E-state index is 13.5. The van der Waals surface area contributed by atoms with Crippen molar-refractivity contribution in [3.63, 3.8) is 0 Å². The predicted molar refractivity (Wildman–Crippen MR) is 74.8 cm³/mol. The summed E-state index contributed by atoms with van der Waals surface area (Å²) in [5.41, 5.74) is 7.67. The van der Waals surface area contributed by atoms with E-state index in [-0.39, 0.29) is 5.82 Å². The first-order valence-electron chi connectivity index (χ1n) is 5.47. The third-order valence-corrected chi connectivity index (χ3v) is 3.09. The molecule has 18 heavy (non-hydrogen) atoms. The van der Waals surface area contributed by atoms with Gasteiger partial charge in [-0.15, -0.1) is 0 Å². The van der Waals surface area contributed by atoms with Crippen LogP contribution in [0.1, 0.15) is 11.3 Å². The number of aromatic nitrogens is 1. The molecule has 0 aliphatic rings. The van der Waals surface area contributed by atoms with Crippen LogP contribution in [0.25, 0.3) is 0 Å². The lowest BCUT2D eigenvalue weighted by molar-refractivity contribution is 0.612. The highest BCUT2D eigenvalue weighted by Crippen LogP contribution is 2.17. The first kappa shape index (κ1) is 12.8. The van der Waals surface area contributed by atoms with Gasteiger partial charge in [-0.1, -0.05) is 15.9 Å². The van der Waals surface area contributed by atoms with Gasteiger partial charge < -0.3 is 11.1 Å². The fourth-order valence-electron chi connectivity index (χ4n) is 1.53. The summed E-state index contributed by atoms with van der Waals surface area (Å²) in [7, 11) is 0. The molecule has 94 valence electrons. The van der Waals surface area contributed by atoms with E-state index in [0.717, 1.165) is 10.2 Å². The number of halogens is 2. The molecule has 5 heteroatoms. The minimum absolute atomic E-state index is 0.238. The summed E-state index contributed by atoms with van der Waals surface area (Å²) < 4.78 is 14.4. The molecule has 0 atom stereocenters. The summed E-state index contributed by atoms with van der Waals surface area (Å²) in [6.07, 6.45) is 0. The largest absolute Gasteiger partial charge is 0.397 e. The van der Waals surface area contributed by atoms with Gasteiger partial charge in [0.15, 0.2) is 0 Å². The quantitative estimate of drug-likeness (QED) is 0.912. The van der Waals surface area contributed by atoms with E-state index >= 15 is 0 Å². The van der Waals surface area contributed by atoms with Crippen LogP contribution >= 0.6 is 15.9 Å². The number of hydrogen-bond acceptors (Lipinski definition) is 3. The van der Waals surface area contributed by atoms with Crippen LogP contribution < -0.4 is 11.1 Å². The first-order chi connectivity index (χ1) is 8.56. The Balaban J connectivity index is 2.11. The second kappa shape index (κ2) is 5.35. The summed E-state index contributed by atoms with van der Waals surface area (Å²) in [4.78, 5) is 4.27. The van der Waals surface area contributed by atoms with Gasteiger partial charge in [-0.2, -0.15) is 0 Å². The normalized spacial score (nSPS) is 10.4. The number of nitrogens with one attached hydrogen (secondary N) is 1. The molecule has 0 amide bonds. The summed E-state index contributed by atoms with van der Waals surface area (Å²) in [6.45, 7) is 2.21. The molecule has 0 bridgehead atoms. The SMILES string of the molecule is Cc1nc(NCc2cc(Br)ccc2F)ccc1N. The lowest BCUT2D eigenvalue weighted by atomic mass is 10.2. The molecule has 0 saturated heterocycles. The summed E-state index contributed by atoms with van der Waals surface area (Å²) in [5.74, 6) is 0.443. The molecular formula is C13H13BrFN3. The number of rotatable bonds is 3. The Morgan fingerprint density at radius 2 is 2.11 bits per heavy atom. The Hall–Kier alpha value is -1.62. The molecule has 3 nitrogen and oxygen atoms in total. The first-order valence-corrected chi connectivity index (χ1v) is 6.26. The van der Waals surface area contributed by atoms with Crippen LogP contribution in [-0.2, 0) is 6.54 Å². The van der Waals surface area contributed by atoms with E-state index in [0.29, 0.717) is 23.6 Å². The fourth-order valence-corrected chi connectivity index (χ4v) is 1.94. The van der Waals surface area contributed by atoms with E-state index in [1.807, 2.05) is 6.92 Å². The van der Waals surface area contributed by atoms with Gasteiger partial charge in [-0.3, -0.25) is 0 Å². The van der Waals surface area contributed by atoms with E-state index in [1.165, 1.54) is 6.07 Å². The highest BCUT2D eigenvalue weighted by Gasteiger charge is 2.04. The van der Waals surface area contributed by atoms with Gasteiger partial charge >= 0.3 is 0 Å². The van der Waals surface area contributed by atoms with E-state index in [9.17, 15) is 4.39 Å². The van der Waals surface area contributed by atoms with Gasteiger partial charge in [0.1, 0.15) is 11.6 Å². The zero-order chi connectivity index (χ0) is 13.1. The van der Waals surface area contributed by atoms with Crippen LogP contribution in [0.4, 0.5) is 15.9 Å². The minimum atomic E-state index is -0.238. The molecule has 0 saturated carbocycles. The van der Waals surface area contributed by atoms with Gasteiger partial charge in [0.25, 0.3) is 0 Å². The third-order valence-electron chi connectivity index (χ3n) is 2.59. The van der Waals surface area contributed by atoms with E-state index in [1.54, 1.807) is 24.3 Å². The number of benzene rings is 1. The molecule has 2 rings (SSSR count). The molecule has 0 aliphatic carbocycles. The summed E-state index contributed by atoms with van der Waals surface area (Å²) >= 11 is 3.32. The molecule has 0 unspecified atom stereocenters. The van der Waals surface area contributed by atoms with Gasteiger partial charge in [-0.05, 0) is 37.3 Å². The standard InChI is InChI=1S/C13H13BrFN3/c1-8-12(16)4-5-13(18-8)17-7-9-6-10(14)2-3-11(9)15/h2-6H,7,16H2,1H3,(H,17,18). The Kier molecular flexibility index (Phi) is 3.81. The molecular weight excluding hydrogens is 297 g/mol. The molecule has 0 fully saturated rings. The molecule has 1 aromatic carbocycles. The van der Waals surface area contributed by atoms with Crippen LogP contribution in [0, 0.1) is 12.7 Å². The maximum Gasteiger partial charge on any atom is 0.128 e. The number of nitrogens with two attached hydrogens (primary N) is 1. The third kappa shape index (κ3) is 2.98. The maximum atomic E-state index is 13.5. The Morgan fingerprint density at radius 3 is 2.83 bits per heavy atom. The smallest absolute Gasteiger partial charge is 0.128 e. The van der Waals surface area contributed by atoms with E-state index < -0.39 is 0 Å². The van der Waals surface area contributed by atoms with Gasteiger partial charge in [-0.25, -0.2) is 9.37 Å². The number of nitrogen functional groups attached to an aromatic ring is 1. The molecule has 0 radical (unpaired) electrons. The zero-order valence-electron chi connectivity index (χ0n) is 9.87. The summed E-state index contributed by atoms with van der Waals surface area (Å²) in [6, 6.07) is 8.40. The minimum Gasteiger partial charge on any atom is -0.397 e. The summed E-state index contributed by atoms with van der Waals surface area (Å²) in [5, 5.41) is 3.07. The Morgan fingerprint density at radius 1 is 1.33 bits per heavy atom. The van der Waals surface area contributed by atoms with Crippen LogP contribution in [0.15, 0.2) is 34.8 Å². The van der Waals surface area contributed by atoms with E-state index in [2.05, 4.69) is 26.2 Å². The fraction of sp³-hybridized carbons (Fsp3) is 0.154.